The first-order valence-corrected chi connectivity index (χ1v) is 5.03. The fourth-order valence-electron chi connectivity index (χ4n) is 1.77. The monoisotopic (exact) mass is 222 g/mol. The van der Waals surface area contributed by atoms with Crippen LogP contribution in [0.3, 0.4) is 0 Å². The highest BCUT2D eigenvalue weighted by atomic mass is 19.1. The molecule has 2 rings (SSSR count). The molecule has 5 heteroatoms. The van der Waals surface area contributed by atoms with Gasteiger partial charge >= 0.3 is 5.69 Å². The molecule has 16 heavy (non-hydrogen) atoms. The van der Waals surface area contributed by atoms with Gasteiger partial charge in [0.2, 0.25) is 5.82 Å². The first kappa shape index (κ1) is 10.6. The van der Waals surface area contributed by atoms with Crippen molar-refractivity contribution in [2.45, 2.75) is 18.9 Å². The van der Waals surface area contributed by atoms with Gasteiger partial charge in [-0.1, -0.05) is 18.2 Å². The molecule has 0 radical (unpaired) electrons. The van der Waals surface area contributed by atoms with E-state index in [4.69, 9.17) is 0 Å². The maximum atomic E-state index is 13.3. The van der Waals surface area contributed by atoms with Crippen molar-refractivity contribution in [3.63, 3.8) is 0 Å². The van der Waals surface area contributed by atoms with Crippen molar-refractivity contribution in [3.8, 4) is 0 Å². The summed E-state index contributed by atoms with van der Waals surface area (Å²) in [5.74, 6) is -0.805. The second kappa shape index (κ2) is 4.30. The Morgan fingerprint density at radius 1 is 1.38 bits per heavy atom. The molecule has 0 bridgehead atoms. The molecule has 0 spiro atoms. The minimum atomic E-state index is -0.805. The van der Waals surface area contributed by atoms with Crippen molar-refractivity contribution < 1.29 is 9.31 Å². The van der Waals surface area contributed by atoms with Crippen LogP contribution in [0.4, 0.5) is 15.8 Å². The summed E-state index contributed by atoms with van der Waals surface area (Å²) in [6.45, 7) is 0. The fourth-order valence-corrected chi connectivity index (χ4v) is 1.77. The van der Waals surface area contributed by atoms with Crippen LogP contribution in [0.15, 0.2) is 30.4 Å². The number of hydrogen-bond donors (Lipinski definition) is 1. The van der Waals surface area contributed by atoms with E-state index < -0.39 is 16.4 Å². The van der Waals surface area contributed by atoms with Gasteiger partial charge in [-0.25, -0.2) is 0 Å². The normalized spacial score (nSPS) is 15.3. The molecule has 1 aromatic rings. The average molecular weight is 222 g/mol. The number of nitrogens with one attached hydrogen (secondary N) is 1. The van der Waals surface area contributed by atoms with Gasteiger partial charge in [-0.05, 0) is 25.0 Å². The third-order valence-electron chi connectivity index (χ3n) is 2.54. The van der Waals surface area contributed by atoms with Crippen LogP contribution in [0.1, 0.15) is 12.8 Å². The Morgan fingerprint density at radius 2 is 2.06 bits per heavy atom. The molecule has 0 saturated carbocycles. The Balaban J connectivity index is 2.25. The van der Waals surface area contributed by atoms with Crippen molar-refractivity contribution in [1.29, 1.82) is 0 Å². The van der Waals surface area contributed by atoms with Crippen LogP contribution in [-0.4, -0.2) is 11.0 Å². The molecule has 1 aliphatic carbocycles. The molecule has 0 saturated heterocycles. The Morgan fingerprint density at radius 3 is 2.69 bits per heavy atom. The summed E-state index contributed by atoms with van der Waals surface area (Å²) in [4.78, 5) is 10.0. The van der Waals surface area contributed by atoms with Gasteiger partial charge in [0.1, 0.15) is 5.69 Å². The van der Waals surface area contributed by atoms with E-state index >= 15 is 0 Å². The van der Waals surface area contributed by atoms with Crippen LogP contribution < -0.4 is 5.32 Å². The summed E-state index contributed by atoms with van der Waals surface area (Å²) in [6, 6.07) is 4.21. The standard InChI is InChI=1S/C11H11FN2O2/c12-9-6-3-7-10(11(9)14(15)16)13-8-4-1-2-5-8/h1-3,6-8,13H,4-5H2. The number of hydrogen-bond acceptors (Lipinski definition) is 3. The largest absolute Gasteiger partial charge is 0.376 e. The van der Waals surface area contributed by atoms with E-state index in [2.05, 4.69) is 5.32 Å². The van der Waals surface area contributed by atoms with E-state index in [9.17, 15) is 14.5 Å². The number of para-hydroxylation sites is 1. The maximum Gasteiger partial charge on any atom is 0.327 e. The Kier molecular flexibility index (Phi) is 2.85. The minimum Gasteiger partial charge on any atom is -0.376 e. The average Bonchev–Trinajstić information content (AvgIpc) is 2.70. The highest BCUT2D eigenvalue weighted by molar-refractivity contribution is 5.62. The Hall–Kier alpha value is -1.91. The van der Waals surface area contributed by atoms with Crippen LogP contribution in [0.2, 0.25) is 0 Å². The number of nitro benzene ring substituents is 1. The first-order chi connectivity index (χ1) is 7.68. The molecule has 0 atom stereocenters. The number of benzene rings is 1. The summed E-state index contributed by atoms with van der Waals surface area (Å²) >= 11 is 0. The van der Waals surface area contributed by atoms with Gasteiger partial charge in [-0.15, -0.1) is 0 Å². The number of nitro groups is 1. The third kappa shape index (κ3) is 2.03. The fraction of sp³-hybridized carbons (Fsp3) is 0.273. The topological polar surface area (TPSA) is 55.2 Å². The SMILES string of the molecule is O=[N+]([O-])c1c(F)cccc1NC1CC=CC1. The van der Waals surface area contributed by atoms with Crippen molar-refractivity contribution in [3.05, 3.63) is 46.3 Å². The summed E-state index contributed by atoms with van der Waals surface area (Å²) in [6.07, 6.45) is 5.63. The quantitative estimate of drug-likeness (QED) is 0.486. The summed E-state index contributed by atoms with van der Waals surface area (Å²) < 4.78 is 13.3. The van der Waals surface area contributed by atoms with Crippen molar-refractivity contribution in [1.82, 2.24) is 0 Å². The first-order valence-electron chi connectivity index (χ1n) is 5.03. The van der Waals surface area contributed by atoms with E-state index in [0.717, 1.165) is 18.9 Å². The number of nitrogens with zero attached hydrogens (tertiary/aromatic N) is 1. The minimum absolute atomic E-state index is 0.125. The molecule has 0 heterocycles. The van der Waals surface area contributed by atoms with Crippen LogP contribution in [0.5, 0.6) is 0 Å². The van der Waals surface area contributed by atoms with Crippen molar-refractivity contribution in [2.24, 2.45) is 0 Å². The van der Waals surface area contributed by atoms with E-state index in [1.807, 2.05) is 12.2 Å². The lowest BCUT2D eigenvalue weighted by molar-refractivity contribution is -0.386. The van der Waals surface area contributed by atoms with Gasteiger partial charge in [0, 0.05) is 6.04 Å². The molecule has 0 amide bonds. The Bertz CT molecular complexity index is 438. The van der Waals surface area contributed by atoms with Crippen molar-refractivity contribution >= 4 is 11.4 Å². The van der Waals surface area contributed by atoms with E-state index in [-0.39, 0.29) is 11.7 Å². The molecule has 1 aromatic carbocycles. The lowest BCUT2D eigenvalue weighted by Gasteiger charge is -2.13. The molecular weight excluding hydrogens is 211 g/mol. The smallest absolute Gasteiger partial charge is 0.327 e. The summed E-state index contributed by atoms with van der Waals surface area (Å²) in [7, 11) is 0. The third-order valence-corrected chi connectivity index (χ3v) is 2.54. The van der Waals surface area contributed by atoms with Gasteiger partial charge in [0.25, 0.3) is 0 Å². The molecule has 4 nitrogen and oxygen atoms in total. The molecule has 0 unspecified atom stereocenters. The summed E-state index contributed by atoms with van der Waals surface area (Å²) in [5.41, 5.74) is -0.229. The molecule has 0 aromatic heterocycles. The van der Waals surface area contributed by atoms with Gasteiger partial charge in [0.15, 0.2) is 0 Å². The molecule has 84 valence electrons. The van der Waals surface area contributed by atoms with Gasteiger partial charge in [-0.2, -0.15) is 4.39 Å². The zero-order valence-electron chi connectivity index (χ0n) is 8.52. The number of anilines is 1. The molecular formula is C11H11FN2O2. The molecule has 1 N–H and O–H groups in total. The van der Waals surface area contributed by atoms with E-state index in [0.29, 0.717) is 0 Å². The molecule has 0 aliphatic heterocycles. The molecule has 0 fully saturated rings. The highest BCUT2D eigenvalue weighted by Crippen LogP contribution is 2.29. The zero-order valence-corrected chi connectivity index (χ0v) is 8.52. The lowest BCUT2D eigenvalue weighted by Crippen LogP contribution is -2.16. The zero-order chi connectivity index (χ0) is 11.5. The van der Waals surface area contributed by atoms with Gasteiger partial charge in [-0.3, -0.25) is 10.1 Å². The van der Waals surface area contributed by atoms with Gasteiger partial charge < -0.3 is 5.32 Å². The second-order valence-corrected chi connectivity index (χ2v) is 3.68. The highest BCUT2D eigenvalue weighted by Gasteiger charge is 2.21. The summed E-state index contributed by atoms with van der Waals surface area (Å²) in [5, 5.41) is 13.7. The van der Waals surface area contributed by atoms with E-state index in [1.165, 1.54) is 12.1 Å². The van der Waals surface area contributed by atoms with E-state index in [1.54, 1.807) is 0 Å². The lowest BCUT2D eigenvalue weighted by atomic mass is 10.2. The predicted molar refractivity (Wildman–Crippen MR) is 58.8 cm³/mol. The van der Waals surface area contributed by atoms with Crippen LogP contribution in [0, 0.1) is 15.9 Å². The predicted octanol–water partition coefficient (Wildman–Crippen LogP) is 2.86. The maximum absolute atomic E-state index is 13.3. The van der Waals surface area contributed by atoms with Crippen molar-refractivity contribution in [2.75, 3.05) is 5.32 Å². The van der Waals surface area contributed by atoms with Crippen LogP contribution in [0.25, 0.3) is 0 Å². The van der Waals surface area contributed by atoms with Crippen LogP contribution >= 0.6 is 0 Å². The second-order valence-electron chi connectivity index (χ2n) is 3.68. The Labute approximate surface area is 91.9 Å². The number of rotatable bonds is 3. The number of halogens is 1. The van der Waals surface area contributed by atoms with Gasteiger partial charge in [0.05, 0.1) is 4.92 Å². The molecule has 1 aliphatic rings. The van der Waals surface area contributed by atoms with Crippen LogP contribution in [-0.2, 0) is 0 Å².